The van der Waals surface area contributed by atoms with Gasteiger partial charge in [-0.25, -0.2) is 4.79 Å². The fourth-order valence-corrected chi connectivity index (χ4v) is 3.87. The maximum atomic E-state index is 12.1. The summed E-state index contributed by atoms with van der Waals surface area (Å²) >= 11 is 5.12. The lowest BCUT2D eigenvalue weighted by molar-refractivity contribution is 0.251. The highest BCUT2D eigenvalue weighted by atomic mass is 79.9. The van der Waals surface area contributed by atoms with Crippen molar-refractivity contribution in [1.82, 2.24) is 10.3 Å². The van der Waals surface area contributed by atoms with E-state index in [-0.39, 0.29) is 6.03 Å². The van der Waals surface area contributed by atoms with Crippen molar-refractivity contribution < 1.29 is 4.79 Å². The van der Waals surface area contributed by atoms with E-state index in [4.69, 9.17) is 6.42 Å². The summed E-state index contributed by atoms with van der Waals surface area (Å²) in [6.07, 6.45) is 8.97. The van der Waals surface area contributed by atoms with E-state index in [1.54, 1.807) is 24.3 Å². The van der Waals surface area contributed by atoms with E-state index in [1.807, 2.05) is 65.0 Å². The van der Waals surface area contributed by atoms with Gasteiger partial charge in [0.25, 0.3) is 0 Å². The summed E-state index contributed by atoms with van der Waals surface area (Å²) in [5.41, 5.74) is 2.58. The van der Waals surface area contributed by atoms with Gasteiger partial charge in [0.05, 0.1) is 6.54 Å². The zero-order chi connectivity index (χ0) is 20.5. The molecule has 0 fully saturated rings. The van der Waals surface area contributed by atoms with Crippen LogP contribution in [0, 0.1) is 12.3 Å². The molecule has 0 saturated carbocycles. The molecule has 3 rings (SSSR count). The van der Waals surface area contributed by atoms with Gasteiger partial charge in [0.1, 0.15) is 0 Å². The molecule has 0 atom stereocenters. The molecular weight excluding hydrogens is 448 g/mol. The number of anilines is 2. The van der Waals surface area contributed by atoms with Crippen molar-refractivity contribution in [2.45, 2.75) is 11.4 Å². The van der Waals surface area contributed by atoms with Crippen molar-refractivity contribution in [3.05, 3.63) is 83.1 Å². The second-order valence-corrected chi connectivity index (χ2v) is 7.90. The van der Waals surface area contributed by atoms with Crippen LogP contribution in [0.1, 0.15) is 5.56 Å². The van der Waals surface area contributed by atoms with Gasteiger partial charge in [-0.05, 0) is 75.9 Å². The summed E-state index contributed by atoms with van der Waals surface area (Å²) in [7, 11) is 0. The number of rotatable bonds is 7. The van der Waals surface area contributed by atoms with Crippen molar-refractivity contribution in [1.29, 1.82) is 0 Å². The van der Waals surface area contributed by atoms with E-state index in [2.05, 4.69) is 37.5 Å². The molecule has 5 nitrogen and oxygen atoms in total. The Morgan fingerprint density at radius 3 is 2.62 bits per heavy atom. The predicted octanol–water partition coefficient (Wildman–Crippen LogP) is 5.31. The third kappa shape index (κ3) is 6.28. The summed E-state index contributed by atoms with van der Waals surface area (Å²) in [5.74, 6) is 2.69. The van der Waals surface area contributed by atoms with Gasteiger partial charge in [0.15, 0.2) is 0 Å². The maximum Gasteiger partial charge on any atom is 0.319 e. The fraction of sp³-hybridized carbons (Fsp3) is 0.0909. The monoisotopic (exact) mass is 466 g/mol. The molecule has 0 bridgehead atoms. The number of terminal acetylenes is 1. The van der Waals surface area contributed by atoms with Gasteiger partial charge in [-0.15, -0.1) is 6.42 Å². The zero-order valence-electron chi connectivity index (χ0n) is 15.5. The Morgan fingerprint density at radius 2 is 1.93 bits per heavy atom. The first-order valence-electron chi connectivity index (χ1n) is 8.83. The number of halogens is 1. The van der Waals surface area contributed by atoms with Gasteiger partial charge in [0.2, 0.25) is 0 Å². The van der Waals surface area contributed by atoms with Crippen molar-refractivity contribution in [3.63, 3.8) is 0 Å². The molecule has 1 heterocycles. The molecule has 29 heavy (non-hydrogen) atoms. The van der Waals surface area contributed by atoms with Crippen LogP contribution in [-0.2, 0) is 6.54 Å². The lowest BCUT2D eigenvalue weighted by Gasteiger charge is -2.21. The molecule has 2 amide bonds. The second kappa shape index (κ2) is 10.6. The average Bonchev–Trinajstić information content (AvgIpc) is 2.75. The van der Waals surface area contributed by atoms with Gasteiger partial charge in [-0.1, -0.05) is 24.1 Å². The van der Waals surface area contributed by atoms with Crippen molar-refractivity contribution >= 4 is 45.3 Å². The van der Waals surface area contributed by atoms with Gasteiger partial charge in [0, 0.05) is 39.7 Å². The molecule has 0 saturated heterocycles. The first kappa shape index (κ1) is 20.8. The molecule has 146 valence electrons. The Morgan fingerprint density at radius 1 is 1.14 bits per heavy atom. The summed E-state index contributed by atoms with van der Waals surface area (Å²) in [6.45, 7) is 0.862. The molecule has 2 aromatic carbocycles. The maximum absolute atomic E-state index is 12.1. The zero-order valence-corrected chi connectivity index (χ0v) is 17.9. The number of hydrogen-bond donors (Lipinski definition) is 2. The highest BCUT2D eigenvalue weighted by Crippen LogP contribution is 2.33. The molecular formula is C22H19BrN4OS. The van der Waals surface area contributed by atoms with E-state index in [0.717, 1.165) is 20.6 Å². The molecule has 2 N–H and O–H groups in total. The van der Waals surface area contributed by atoms with E-state index in [1.165, 1.54) is 0 Å². The average molecular weight is 467 g/mol. The minimum atomic E-state index is -0.273. The van der Waals surface area contributed by atoms with E-state index in [0.29, 0.717) is 18.8 Å². The van der Waals surface area contributed by atoms with Crippen LogP contribution in [0.25, 0.3) is 0 Å². The van der Waals surface area contributed by atoms with Crippen LogP contribution < -0.4 is 14.9 Å². The highest BCUT2D eigenvalue weighted by molar-refractivity contribution is 9.10. The fourth-order valence-electron chi connectivity index (χ4n) is 2.47. The number of carbonyl (C=O) groups excluding carboxylic acids is 1. The molecule has 0 radical (unpaired) electrons. The van der Waals surface area contributed by atoms with Crippen LogP contribution in [0.3, 0.4) is 0 Å². The van der Waals surface area contributed by atoms with E-state index in [9.17, 15) is 4.79 Å². The number of benzene rings is 2. The normalized spacial score (nSPS) is 10.1. The molecule has 3 aromatic rings. The number of nitrogens with zero attached hydrogens (tertiary/aromatic N) is 2. The standard InChI is InChI=1S/C22H19BrN4OS/c1-2-14-27(29-21-8-4-3-7-20(21)23)19-11-9-18(10-12-19)26-22(28)25-16-17-6-5-13-24-15-17/h1,3-13,15H,14,16H2,(H2,25,26,28). The molecule has 0 aliphatic heterocycles. The molecule has 0 aliphatic carbocycles. The first-order chi connectivity index (χ1) is 14.2. The smallest absolute Gasteiger partial charge is 0.319 e. The number of urea groups is 1. The van der Waals surface area contributed by atoms with Crippen LogP contribution in [0.4, 0.5) is 16.2 Å². The minimum absolute atomic E-state index is 0.273. The van der Waals surface area contributed by atoms with Crippen molar-refractivity contribution in [2.75, 3.05) is 16.2 Å². The van der Waals surface area contributed by atoms with Gasteiger partial charge < -0.3 is 14.9 Å². The SMILES string of the molecule is C#CCN(Sc1ccccc1Br)c1ccc(NC(=O)NCc2cccnc2)cc1. The van der Waals surface area contributed by atoms with Gasteiger partial charge in [-0.3, -0.25) is 4.98 Å². The van der Waals surface area contributed by atoms with Crippen LogP contribution in [0.5, 0.6) is 0 Å². The van der Waals surface area contributed by atoms with Crippen molar-refractivity contribution in [3.8, 4) is 12.3 Å². The summed E-state index contributed by atoms with van der Waals surface area (Å²) in [5, 5.41) is 5.63. The highest BCUT2D eigenvalue weighted by Gasteiger charge is 2.10. The number of hydrogen-bond acceptors (Lipinski definition) is 4. The lowest BCUT2D eigenvalue weighted by Crippen LogP contribution is -2.28. The Kier molecular flexibility index (Phi) is 7.56. The summed E-state index contributed by atoms with van der Waals surface area (Å²) < 4.78 is 3.03. The molecule has 0 unspecified atom stereocenters. The molecule has 1 aromatic heterocycles. The summed E-state index contributed by atoms with van der Waals surface area (Å²) in [6, 6.07) is 19.0. The van der Waals surface area contributed by atoms with Crippen LogP contribution in [0.2, 0.25) is 0 Å². The van der Waals surface area contributed by atoms with E-state index < -0.39 is 0 Å². The molecule has 7 heteroatoms. The Hall–Kier alpha value is -2.95. The summed E-state index contributed by atoms with van der Waals surface area (Å²) in [4.78, 5) is 17.2. The molecule has 0 aliphatic rings. The number of amides is 2. The topological polar surface area (TPSA) is 57.3 Å². The van der Waals surface area contributed by atoms with Crippen LogP contribution >= 0.6 is 27.9 Å². The predicted molar refractivity (Wildman–Crippen MR) is 123 cm³/mol. The number of pyridine rings is 1. The Balaban J connectivity index is 1.60. The van der Waals surface area contributed by atoms with Gasteiger partial charge in [-0.2, -0.15) is 0 Å². The Bertz CT molecular complexity index is 990. The quantitative estimate of drug-likeness (QED) is 0.365. The molecule has 0 spiro atoms. The number of nitrogens with one attached hydrogen (secondary N) is 2. The number of carbonyl (C=O) groups is 1. The minimum Gasteiger partial charge on any atom is -0.334 e. The van der Waals surface area contributed by atoms with Gasteiger partial charge >= 0.3 is 6.03 Å². The largest absolute Gasteiger partial charge is 0.334 e. The first-order valence-corrected chi connectivity index (χ1v) is 10.4. The Labute approximate surface area is 183 Å². The lowest BCUT2D eigenvalue weighted by atomic mass is 10.2. The third-order valence-corrected chi connectivity index (χ3v) is 5.94. The second-order valence-electron chi connectivity index (χ2n) is 5.98. The third-order valence-electron chi connectivity index (χ3n) is 3.87. The van der Waals surface area contributed by atoms with E-state index >= 15 is 0 Å². The van der Waals surface area contributed by atoms with Crippen LogP contribution in [-0.4, -0.2) is 17.6 Å². The number of aromatic nitrogens is 1. The van der Waals surface area contributed by atoms with Crippen LogP contribution in [0.15, 0.2) is 82.4 Å². The van der Waals surface area contributed by atoms with Crippen molar-refractivity contribution in [2.24, 2.45) is 0 Å².